The average molecular weight is 355 g/mol. The van der Waals surface area contributed by atoms with Crippen molar-refractivity contribution in [3.63, 3.8) is 0 Å². The fourth-order valence-corrected chi connectivity index (χ4v) is 1.96. The number of nitriles is 1. The maximum Gasteiger partial charge on any atom is 0.158 e. The Morgan fingerprint density at radius 2 is 2.20 bits per heavy atom. The van der Waals surface area contributed by atoms with E-state index in [0.717, 1.165) is 6.07 Å². The van der Waals surface area contributed by atoms with Crippen LogP contribution in [0.4, 0.5) is 10.1 Å². The molecule has 0 spiro atoms. The van der Waals surface area contributed by atoms with E-state index in [2.05, 4.69) is 25.9 Å². The first-order valence-corrected chi connectivity index (χ1v) is 6.47. The number of hydrogen-bond donors (Lipinski definition) is 1. The van der Waals surface area contributed by atoms with E-state index in [1.54, 1.807) is 0 Å². The molecule has 0 bridgehead atoms. The fourth-order valence-electron chi connectivity index (χ4n) is 1.45. The molecule has 20 heavy (non-hydrogen) atoms. The Hall–Kier alpha value is -1.97. The van der Waals surface area contributed by atoms with E-state index >= 15 is 0 Å². The molecule has 0 atom stereocenters. The summed E-state index contributed by atoms with van der Waals surface area (Å²) >= 11 is 8.70. The van der Waals surface area contributed by atoms with E-state index in [1.807, 2.05) is 6.07 Å². The summed E-state index contributed by atoms with van der Waals surface area (Å²) in [4.78, 5) is 7.87. The molecular formula is C13H6BrClFN3O. The molecule has 0 unspecified atom stereocenters. The van der Waals surface area contributed by atoms with Crippen molar-refractivity contribution in [3.8, 4) is 11.8 Å². The van der Waals surface area contributed by atoms with Gasteiger partial charge in [0.15, 0.2) is 11.5 Å². The molecule has 0 radical (unpaired) electrons. The van der Waals surface area contributed by atoms with Gasteiger partial charge in [-0.2, -0.15) is 5.26 Å². The van der Waals surface area contributed by atoms with Gasteiger partial charge in [0.25, 0.3) is 0 Å². The zero-order chi connectivity index (χ0) is 14.7. The number of halogens is 3. The van der Waals surface area contributed by atoms with Crippen molar-refractivity contribution in [3.05, 3.63) is 51.5 Å². The summed E-state index contributed by atoms with van der Waals surface area (Å²) in [5, 5.41) is 18.9. The first kappa shape index (κ1) is 14.4. The highest BCUT2D eigenvalue weighted by Gasteiger charge is 2.12. The summed E-state index contributed by atoms with van der Waals surface area (Å²) < 4.78 is 13.3. The smallest absolute Gasteiger partial charge is 0.158 e. The number of benzene rings is 1. The van der Waals surface area contributed by atoms with Crippen molar-refractivity contribution >= 4 is 38.9 Å². The molecule has 2 rings (SSSR count). The third kappa shape index (κ3) is 2.95. The topological polar surface area (TPSA) is 69.3 Å². The van der Waals surface area contributed by atoms with Crippen molar-refractivity contribution < 1.29 is 9.50 Å². The average Bonchev–Trinajstić information content (AvgIpc) is 2.43. The predicted molar refractivity (Wildman–Crippen MR) is 76.8 cm³/mol. The molecule has 0 aliphatic carbocycles. The minimum absolute atomic E-state index is 0.0340. The minimum Gasteiger partial charge on any atom is -0.504 e. The minimum atomic E-state index is -0.571. The normalized spacial score (nSPS) is 11.2. The molecule has 0 aliphatic heterocycles. The standard InChI is InChI=1S/C13H6BrClFN3O/c14-13-12(20)8(3-4-18-13)11(6-17)19-7-1-2-10(16)9(15)5-7/h1-5,20H/b19-11+. The molecule has 0 saturated heterocycles. The number of aromatic hydroxyl groups is 1. The van der Waals surface area contributed by atoms with E-state index in [4.69, 9.17) is 16.9 Å². The molecule has 1 heterocycles. The van der Waals surface area contributed by atoms with Crippen LogP contribution in [0.5, 0.6) is 5.75 Å². The molecule has 0 fully saturated rings. The van der Waals surface area contributed by atoms with Gasteiger partial charge in [-0.1, -0.05) is 11.6 Å². The van der Waals surface area contributed by atoms with Gasteiger partial charge in [-0.15, -0.1) is 0 Å². The lowest BCUT2D eigenvalue weighted by atomic mass is 10.1. The second-order valence-electron chi connectivity index (χ2n) is 3.67. The number of aromatic nitrogens is 1. The maximum atomic E-state index is 13.1. The van der Waals surface area contributed by atoms with Crippen molar-refractivity contribution in [2.45, 2.75) is 0 Å². The van der Waals surface area contributed by atoms with Crippen LogP contribution in [0.3, 0.4) is 0 Å². The van der Waals surface area contributed by atoms with Gasteiger partial charge in [0.05, 0.1) is 16.3 Å². The molecule has 1 N–H and O–H groups in total. The molecule has 4 nitrogen and oxygen atoms in total. The Kier molecular flexibility index (Phi) is 4.32. The van der Waals surface area contributed by atoms with Crippen molar-refractivity contribution in [1.29, 1.82) is 5.26 Å². The number of rotatable bonds is 2. The molecule has 100 valence electrons. The van der Waals surface area contributed by atoms with Crippen LogP contribution in [-0.2, 0) is 0 Å². The van der Waals surface area contributed by atoms with Gasteiger partial charge < -0.3 is 5.11 Å². The van der Waals surface area contributed by atoms with Crippen LogP contribution < -0.4 is 0 Å². The van der Waals surface area contributed by atoms with E-state index < -0.39 is 5.82 Å². The number of nitrogens with zero attached hydrogens (tertiary/aromatic N) is 3. The van der Waals surface area contributed by atoms with E-state index in [1.165, 1.54) is 24.4 Å². The SMILES string of the molecule is N#C/C(=N\c1ccc(F)c(Cl)c1)c1ccnc(Br)c1O. The Labute approximate surface area is 127 Å². The van der Waals surface area contributed by atoms with Gasteiger partial charge in [0.1, 0.15) is 16.5 Å². The third-order valence-corrected chi connectivity index (χ3v) is 3.25. The van der Waals surface area contributed by atoms with Gasteiger partial charge in [-0.05, 0) is 40.2 Å². The van der Waals surface area contributed by atoms with Crippen LogP contribution in [0.2, 0.25) is 5.02 Å². The van der Waals surface area contributed by atoms with Crippen molar-refractivity contribution in [2.75, 3.05) is 0 Å². The highest BCUT2D eigenvalue weighted by Crippen LogP contribution is 2.27. The number of pyridine rings is 1. The van der Waals surface area contributed by atoms with Crippen molar-refractivity contribution in [1.82, 2.24) is 4.98 Å². The Balaban J connectivity index is 2.52. The monoisotopic (exact) mass is 353 g/mol. The van der Waals surface area contributed by atoms with Crippen LogP contribution >= 0.6 is 27.5 Å². The Bertz CT molecular complexity index is 743. The summed E-state index contributed by atoms with van der Waals surface area (Å²) in [5.41, 5.74) is 0.489. The van der Waals surface area contributed by atoms with Crippen LogP contribution in [0.15, 0.2) is 40.1 Å². The first-order valence-electron chi connectivity index (χ1n) is 5.30. The van der Waals surface area contributed by atoms with Crippen LogP contribution in [0, 0.1) is 17.1 Å². The highest BCUT2D eigenvalue weighted by molar-refractivity contribution is 9.10. The molecule has 0 aliphatic rings. The van der Waals surface area contributed by atoms with Gasteiger partial charge in [-0.25, -0.2) is 14.4 Å². The molecule has 1 aromatic carbocycles. The third-order valence-electron chi connectivity index (χ3n) is 2.38. The largest absolute Gasteiger partial charge is 0.504 e. The van der Waals surface area contributed by atoms with E-state index in [0.29, 0.717) is 5.69 Å². The zero-order valence-corrected chi connectivity index (χ0v) is 12.2. The molecule has 0 amide bonds. The Morgan fingerprint density at radius 3 is 2.85 bits per heavy atom. The van der Waals surface area contributed by atoms with E-state index in [9.17, 15) is 9.50 Å². The zero-order valence-electron chi connectivity index (χ0n) is 9.81. The maximum absolute atomic E-state index is 13.1. The van der Waals surface area contributed by atoms with Gasteiger partial charge in [0, 0.05) is 6.20 Å². The summed E-state index contributed by atoms with van der Waals surface area (Å²) in [6, 6.07) is 7.15. The fraction of sp³-hybridized carbons (Fsp3) is 0. The lowest BCUT2D eigenvalue weighted by Gasteiger charge is -2.03. The highest BCUT2D eigenvalue weighted by atomic mass is 79.9. The molecule has 0 saturated carbocycles. The lowest BCUT2D eigenvalue weighted by Crippen LogP contribution is -1.98. The first-order chi connectivity index (χ1) is 9.52. The molecule has 7 heteroatoms. The summed E-state index contributed by atoms with van der Waals surface area (Å²) in [7, 11) is 0. The van der Waals surface area contributed by atoms with Gasteiger partial charge in [0.2, 0.25) is 0 Å². The van der Waals surface area contributed by atoms with Crippen LogP contribution in [-0.4, -0.2) is 15.8 Å². The summed E-state index contributed by atoms with van der Waals surface area (Å²) in [5.74, 6) is -0.764. The second-order valence-corrected chi connectivity index (χ2v) is 4.83. The second kappa shape index (κ2) is 5.99. The van der Waals surface area contributed by atoms with Crippen LogP contribution in [0.25, 0.3) is 0 Å². The van der Waals surface area contributed by atoms with Gasteiger partial charge >= 0.3 is 0 Å². The van der Waals surface area contributed by atoms with Gasteiger partial charge in [-0.3, -0.25) is 0 Å². The molecule has 1 aromatic heterocycles. The summed E-state index contributed by atoms with van der Waals surface area (Å²) in [6.45, 7) is 0. The number of aliphatic imine (C=N–C) groups is 1. The van der Waals surface area contributed by atoms with E-state index in [-0.39, 0.29) is 26.7 Å². The number of hydrogen-bond acceptors (Lipinski definition) is 4. The van der Waals surface area contributed by atoms with Crippen molar-refractivity contribution in [2.24, 2.45) is 4.99 Å². The molecule has 2 aromatic rings. The lowest BCUT2D eigenvalue weighted by molar-refractivity contribution is 0.467. The predicted octanol–water partition coefficient (Wildman–Crippen LogP) is 3.99. The molecular weight excluding hydrogens is 349 g/mol. The van der Waals surface area contributed by atoms with Crippen LogP contribution in [0.1, 0.15) is 5.56 Å². The Morgan fingerprint density at radius 1 is 1.45 bits per heavy atom. The quantitative estimate of drug-likeness (QED) is 0.655. The summed E-state index contributed by atoms with van der Waals surface area (Å²) in [6.07, 6.45) is 1.42.